The van der Waals surface area contributed by atoms with Gasteiger partial charge in [0.05, 0.1) is 18.0 Å². The number of nitrogens with two attached hydrogens (primary N) is 1. The molecule has 0 saturated carbocycles. The minimum absolute atomic E-state index is 0.218. The first kappa shape index (κ1) is 17.9. The van der Waals surface area contributed by atoms with Gasteiger partial charge in [0.15, 0.2) is 0 Å². The van der Waals surface area contributed by atoms with E-state index in [0.29, 0.717) is 16.1 Å². The maximum absolute atomic E-state index is 12.6. The third kappa shape index (κ3) is 3.91. The molecule has 0 radical (unpaired) electrons. The molecule has 1 unspecified atom stereocenters. The molecule has 7 nitrogen and oxygen atoms in total. The summed E-state index contributed by atoms with van der Waals surface area (Å²) in [6.07, 6.45) is -4.72. The molecule has 24 heavy (non-hydrogen) atoms. The quantitative estimate of drug-likeness (QED) is 0.626. The van der Waals surface area contributed by atoms with Gasteiger partial charge >= 0.3 is 6.18 Å². The summed E-state index contributed by atoms with van der Waals surface area (Å²) in [5.41, 5.74) is 0.447. The van der Waals surface area contributed by atoms with E-state index in [4.69, 9.17) is 10.6 Å². The number of ether oxygens (including phenoxy) is 1. The fraction of sp³-hybridized carbons (Fsp3) is 0.308. The van der Waals surface area contributed by atoms with Crippen molar-refractivity contribution in [3.8, 4) is 5.75 Å². The van der Waals surface area contributed by atoms with Crippen molar-refractivity contribution in [2.24, 2.45) is 0 Å². The minimum Gasteiger partial charge on any atom is -0.495 e. The van der Waals surface area contributed by atoms with Crippen molar-refractivity contribution < 1.29 is 22.7 Å². The molecular weight excluding hydrogens is 347 g/mol. The lowest BCUT2D eigenvalue weighted by molar-refractivity contribution is -0.146. The summed E-state index contributed by atoms with van der Waals surface area (Å²) in [7, 11) is 1.46. The Labute approximate surface area is 139 Å². The summed E-state index contributed by atoms with van der Waals surface area (Å²) >= 11 is 0.759. The van der Waals surface area contributed by atoms with Crippen molar-refractivity contribution in [1.82, 2.24) is 14.9 Å². The molecule has 11 heteroatoms. The number of carbonyl (C=O) groups excluding carboxylic acids is 1. The summed E-state index contributed by atoms with van der Waals surface area (Å²) in [5, 5.41) is 8.03. The van der Waals surface area contributed by atoms with Crippen LogP contribution in [0.15, 0.2) is 29.4 Å². The average molecular weight is 361 g/mol. The third-order valence-electron chi connectivity index (χ3n) is 2.93. The lowest BCUT2D eigenvalue weighted by Gasteiger charge is -2.13. The number of halogens is 3. The van der Waals surface area contributed by atoms with Crippen LogP contribution < -0.4 is 15.9 Å². The number of nitrogen functional groups attached to an aromatic ring is 1. The van der Waals surface area contributed by atoms with Gasteiger partial charge in [0.2, 0.25) is 11.1 Å². The van der Waals surface area contributed by atoms with Crippen molar-refractivity contribution in [3.63, 3.8) is 0 Å². The summed E-state index contributed by atoms with van der Waals surface area (Å²) < 4.78 is 43.3. The van der Waals surface area contributed by atoms with Crippen LogP contribution in [0.3, 0.4) is 0 Å². The largest absolute Gasteiger partial charge is 0.495 e. The molecule has 0 fully saturated rings. The van der Waals surface area contributed by atoms with Crippen molar-refractivity contribution in [2.45, 2.75) is 23.5 Å². The predicted molar refractivity (Wildman–Crippen MR) is 82.1 cm³/mol. The summed E-state index contributed by atoms with van der Waals surface area (Å²) in [6, 6.07) is 6.76. The number of para-hydroxylation sites is 2. The Kier molecular flexibility index (Phi) is 5.22. The third-order valence-corrected chi connectivity index (χ3v) is 3.99. The molecule has 0 spiro atoms. The highest BCUT2D eigenvalue weighted by Crippen LogP contribution is 2.30. The molecule has 0 saturated heterocycles. The molecule has 0 aliphatic carbocycles. The fourth-order valence-electron chi connectivity index (χ4n) is 1.74. The number of aromatic nitrogens is 3. The number of anilines is 1. The lowest BCUT2D eigenvalue weighted by atomic mass is 10.3. The number of methoxy groups -OCH3 is 1. The van der Waals surface area contributed by atoms with Crippen LogP contribution in [0.4, 0.5) is 18.9 Å². The standard InChI is InChI=1S/C13H14F3N5O2S/c1-7(10(22)18-8-5-3-4-6-9(8)23-2)24-12-20-19-11(21(12)17)13(14,15)16/h3-7H,17H2,1-2H3,(H,18,22). The van der Waals surface area contributed by atoms with Crippen LogP contribution in [0.2, 0.25) is 0 Å². The molecule has 1 atom stereocenters. The van der Waals surface area contributed by atoms with Gasteiger partial charge < -0.3 is 15.9 Å². The highest BCUT2D eigenvalue weighted by atomic mass is 32.2. The van der Waals surface area contributed by atoms with E-state index in [9.17, 15) is 18.0 Å². The van der Waals surface area contributed by atoms with E-state index in [-0.39, 0.29) is 5.16 Å². The number of rotatable bonds is 5. The number of benzene rings is 1. The number of hydrogen-bond acceptors (Lipinski definition) is 6. The van der Waals surface area contributed by atoms with Crippen LogP contribution >= 0.6 is 11.8 Å². The zero-order valence-electron chi connectivity index (χ0n) is 12.7. The molecule has 2 aromatic rings. The first-order valence-electron chi connectivity index (χ1n) is 6.62. The molecule has 1 heterocycles. The van der Waals surface area contributed by atoms with Crippen molar-refractivity contribution >= 4 is 23.4 Å². The number of hydrogen-bond donors (Lipinski definition) is 2. The van der Waals surface area contributed by atoms with Gasteiger partial charge in [-0.05, 0) is 19.1 Å². The van der Waals surface area contributed by atoms with Crippen molar-refractivity contribution in [1.29, 1.82) is 0 Å². The second kappa shape index (κ2) is 6.99. The Balaban J connectivity index is 2.08. The predicted octanol–water partition coefficient (Wildman–Crippen LogP) is 2.14. The van der Waals surface area contributed by atoms with Gasteiger partial charge in [-0.15, -0.1) is 10.2 Å². The zero-order chi connectivity index (χ0) is 17.9. The molecule has 1 amide bonds. The van der Waals surface area contributed by atoms with E-state index in [2.05, 4.69) is 15.5 Å². The molecule has 1 aromatic heterocycles. The maximum Gasteiger partial charge on any atom is 0.453 e. The molecule has 1 aromatic carbocycles. The summed E-state index contributed by atoms with van der Waals surface area (Å²) in [6.45, 7) is 1.51. The molecule has 0 aliphatic heterocycles. The van der Waals surface area contributed by atoms with Gasteiger partial charge in [-0.25, -0.2) is 4.68 Å². The average Bonchev–Trinajstić information content (AvgIpc) is 2.88. The van der Waals surface area contributed by atoms with Crippen LogP contribution in [0, 0.1) is 0 Å². The van der Waals surface area contributed by atoms with E-state index in [0.717, 1.165) is 11.8 Å². The molecule has 130 valence electrons. The van der Waals surface area contributed by atoms with Gasteiger partial charge in [0.1, 0.15) is 5.75 Å². The Morgan fingerprint density at radius 2 is 2.04 bits per heavy atom. The normalized spacial score (nSPS) is 12.7. The summed E-state index contributed by atoms with van der Waals surface area (Å²) in [5.74, 6) is 4.02. The van der Waals surface area contributed by atoms with Crippen LogP contribution in [-0.2, 0) is 11.0 Å². The van der Waals surface area contributed by atoms with Crippen LogP contribution in [0.5, 0.6) is 5.75 Å². The Morgan fingerprint density at radius 3 is 2.62 bits per heavy atom. The SMILES string of the molecule is COc1ccccc1NC(=O)C(C)Sc1nnc(C(F)(F)F)n1N. The number of nitrogens with one attached hydrogen (secondary N) is 1. The molecule has 2 rings (SSSR count). The second-order valence-corrected chi connectivity index (χ2v) is 5.93. The number of nitrogens with zero attached hydrogens (tertiary/aromatic N) is 3. The number of amides is 1. The highest BCUT2D eigenvalue weighted by molar-refractivity contribution is 8.00. The van der Waals surface area contributed by atoms with Crippen molar-refractivity contribution in [3.05, 3.63) is 30.1 Å². The Hall–Kier alpha value is -2.43. The highest BCUT2D eigenvalue weighted by Gasteiger charge is 2.38. The van der Waals surface area contributed by atoms with E-state index < -0.39 is 23.2 Å². The second-order valence-electron chi connectivity index (χ2n) is 4.62. The van der Waals surface area contributed by atoms with Crippen LogP contribution in [0.1, 0.15) is 12.7 Å². The molecule has 3 N–H and O–H groups in total. The first-order valence-corrected chi connectivity index (χ1v) is 7.50. The van der Waals surface area contributed by atoms with E-state index >= 15 is 0 Å². The van der Waals surface area contributed by atoms with Gasteiger partial charge in [0, 0.05) is 0 Å². The number of alkyl halides is 3. The summed E-state index contributed by atoms with van der Waals surface area (Å²) in [4.78, 5) is 12.2. The first-order chi connectivity index (χ1) is 11.2. The van der Waals surface area contributed by atoms with Gasteiger partial charge in [-0.2, -0.15) is 13.2 Å². The number of carbonyl (C=O) groups is 1. The monoisotopic (exact) mass is 361 g/mol. The molecule has 0 aliphatic rings. The van der Waals surface area contributed by atoms with E-state index in [1.807, 2.05) is 0 Å². The van der Waals surface area contributed by atoms with E-state index in [1.54, 1.807) is 24.3 Å². The minimum atomic E-state index is -4.72. The fourth-order valence-corrected chi connectivity index (χ4v) is 2.51. The Bertz CT molecular complexity index is 735. The number of thioether (sulfide) groups is 1. The lowest BCUT2D eigenvalue weighted by Crippen LogP contribution is -2.25. The van der Waals surface area contributed by atoms with Gasteiger partial charge in [-0.1, -0.05) is 23.9 Å². The van der Waals surface area contributed by atoms with Crippen LogP contribution in [0.25, 0.3) is 0 Å². The van der Waals surface area contributed by atoms with Crippen LogP contribution in [-0.4, -0.2) is 33.1 Å². The zero-order valence-corrected chi connectivity index (χ0v) is 13.5. The topological polar surface area (TPSA) is 95.1 Å². The van der Waals surface area contributed by atoms with Gasteiger partial charge in [0.25, 0.3) is 5.82 Å². The molecule has 0 bridgehead atoms. The Morgan fingerprint density at radius 1 is 1.38 bits per heavy atom. The van der Waals surface area contributed by atoms with Crippen molar-refractivity contribution in [2.75, 3.05) is 18.3 Å². The maximum atomic E-state index is 12.6. The smallest absolute Gasteiger partial charge is 0.453 e. The van der Waals surface area contributed by atoms with Gasteiger partial charge in [-0.3, -0.25) is 4.79 Å². The van der Waals surface area contributed by atoms with E-state index in [1.165, 1.54) is 14.0 Å². The molecular formula is C13H14F3N5O2S.